The van der Waals surface area contributed by atoms with Crippen LogP contribution in [0.1, 0.15) is 19.3 Å². The number of carbonyl (C=O) groups excluding carboxylic acids is 1. The van der Waals surface area contributed by atoms with Crippen molar-refractivity contribution in [1.29, 1.82) is 0 Å². The Morgan fingerprint density at radius 2 is 1.94 bits per heavy atom. The van der Waals surface area contributed by atoms with Crippen LogP contribution in [0, 0.1) is 5.92 Å². The Morgan fingerprint density at radius 1 is 1.33 bits per heavy atom. The molecule has 0 aliphatic carbocycles. The number of amides is 1. The average Bonchev–Trinajstić information content (AvgIpc) is 2.28. The fourth-order valence-corrected chi connectivity index (χ4v) is 3.57. The van der Waals surface area contributed by atoms with E-state index in [0.717, 1.165) is 29.2 Å². The minimum atomic E-state index is -4.32. The van der Waals surface area contributed by atoms with Gasteiger partial charge in [-0.2, -0.15) is 24.9 Å². The van der Waals surface area contributed by atoms with Crippen molar-refractivity contribution in [3.8, 4) is 0 Å². The molecule has 0 aromatic carbocycles. The van der Waals surface area contributed by atoms with Crippen LogP contribution >= 0.6 is 27.7 Å². The van der Waals surface area contributed by atoms with E-state index in [1.165, 1.54) is 0 Å². The molecule has 0 saturated carbocycles. The molecule has 0 aromatic heterocycles. The molecule has 1 aliphatic heterocycles. The van der Waals surface area contributed by atoms with Gasteiger partial charge in [0, 0.05) is 18.3 Å². The first-order valence-corrected chi connectivity index (χ1v) is 8.18. The van der Waals surface area contributed by atoms with Gasteiger partial charge in [-0.3, -0.25) is 4.79 Å². The summed E-state index contributed by atoms with van der Waals surface area (Å²) in [5, 5.41) is 0.370. The highest BCUT2D eigenvalue weighted by Gasteiger charge is 2.33. The predicted molar refractivity (Wildman–Crippen MR) is 71.1 cm³/mol. The Bertz CT molecular complexity index is 270. The molecule has 0 radical (unpaired) electrons. The first kappa shape index (κ1) is 16.1. The van der Waals surface area contributed by atoms with Crippen LogP contribution in [-0.4, -0.2) is 46.9 Å². The number of nitrogens with zero attached hydrogens (tertiary/aromatic N) is 1. The molecule has 0 spiro atoms. The van der Waals surface area contributed by atoms with E-state index in [-0.39, 0.29) is 24.8 Å². The van der Waals surface area contributed by atoms with Crippen LogP contribution < -0.4 is 0 Å². The van der Waals surface area contributed by atoms with E-state index in [0.29, 0.717) is 5.33 Å². The zero-order valence-corrected chi connectivity index (χ0v) is 12.4. The summed E-state index contributed by atoms with van der Waals surface area (Å²) >= 11 is 4.93. The molecule has 0 N–H and O–H groups in total. The minimum absolute atomic E-state index is 0.111. The standard InChI is InChI=1S/C11H17BrF3NOS/c12-3-4-16(8-11(13,14)15)10(17)7-9-1-5-18-6-2-9/h9H,1-8H2. The minimum Gasteiger partial charge on any atom is -0.333 e. The molecule has 7 heteroatoms. The number of hydrogen-bond donors (Lipinski definition) is 0. The number of hydrogen-bond acceptors (Lipinski definition) is 2. The van der Waals surface area contributed by atoms with Gasteiger partial charge >= 0.3 is 6.18 Å². The molecule has 1 saturated heterocycles. The van der Waals surface area contributed by atoms with Crippen molar-refractivity contribution in [2.24, 2.45) is 5.92 Å². The zero-order valence-electron chi connectivity index (χ0n) is 10.0. The Hall–Kier alpha value is 0.0900. The fraction of sp³-hybridized carbons (Fsp3) is 0.909. The van der Waals surface area contributed by atoms with Crippen molar-refractivity contribution in [2.75, 3.05) is 29.9 Å². The van der Waals surface area contributed by atoms with Crippen LogP contribution in [0.5, 0.6) is 0 Å². The van der Waals surface area contributed by atoms with Crippen LogP contribution in [0.4, 0.5) is 13.2 Å². The van der Waals surface area contributed by atoms with E-state index in [4.69, 9.17) is 0 Å². The molecule has 1 fully saturated rings. The van der Waals surface area contributed by atoms with Crippen molar-refractivity contribution in [3.63, 3.8) is 0 Å². The highest BCUT2D eigenvalue weighted by Crippen LogP contribution is 2.26. The molecular weight excluding hydrogens is 331 g/mol. The maximum atomic E-state index is 12.4. The van der Waals surface area contributed by atoms with Crippen LogP contribution in [0.25, 0.3) is 0 Å². The summed E-state index contributed by atoms with van der Waals surface area (Å²) in [5.74, 6) is 1.90. The molecule has 1 amide bonds. The second-order valence-electron chi connectivity index (χ2n) is 4.38. The fourth-order valence-electron chi connectivity index (χ4n) is 1.94. The van der Waals surface area contributed by atoms with Crippen molar-refractivity contribution in [3.05, 3.63) is 0 Å². The van der Waals surface area contributed by atoms with Crippen molar-refractivity contribution in [1.82, 2.24) is 4.90 Å². The lowest BCUT2D eigenvalue weighted by Crippen LogP contribution is -2.41. The monoisotopic (exact) mass is 347 g/mol. The highest BCUT2D eigenvalue weighted by atomic mass is 79.9. The van der Waals surface area contributed by atoms with Gasteiger partial charge in [-0.1, -0.05) is 15.9 Å². The van der Waals surface area contributed by atoms with E-state index in [1.807, 2.05) is 11.8 Å². The summed E-state index contributed by atoms with van der Waals surface area (Å²) in [4.78, 5) is 12.8. The Balaban J connectivity index is 2.47. The number of halogens is 4. The van der Waals surface area contributed by atoms with E-state index in [1.54, 1.807) is 0 Å². The van der Waals surface area contributed by atoms with Gasteiger partial charge in [0.05, 0.1) is 0 Å². The topological polar surface area (TPSA) is 20.3 Å². The summed E-state index contributed by atoms with van der Waals surface area (Å²) in [6.07, 6.45) is -2.20. The van der Waals surface area contributed by atoms with E-state index >= 15 is 0 Å². The largest absolute Gasteiger partial charge is 0.406 e. The number of rotatable bonds is 5. The molecule has 1 rings (SSSR count). The van der Waals surface area contributed by atoms with Gasteiger partial charge in [-0.25, -0.2) is 0 Å². The lowest BCUT2D eigenvalue weighted by molar-refractivity contribution is -0.161. The third-order valence-electron chi connectivity index (χ3n) is 2.88. The Morgan fingerprint density at radius 3 is 2.44 bits per heavy atom. The zero-order chi connectivity index (χ0) is 13.6. The molecule has 106 valence electrons. The first-order valence-electron chi connectivity index (χ1n) is 5.90. The maximum Gasteiger partial charge on any atom is 0.406 e. The normalized spacial score (nSPS) is 17.8. The lowest BCUT2D eigenvalue weighted by atomic mass is 9.98. The summed E-state index contributed by atoms with van der Waals surface area (Å²) < 4.78 is 37.1. The first-order chi connectivity index (χ1) is 8.42. The molecule has 1 aliphatic rings. The quantitative estimate of drug-likeness (QED) is 0.711. The lowest BCUT2D eigenvalue weighted by Gasteiger charge is -2.27. The van der Waals surface area contributed by atoms with Gasteiger partial charge in [0.15, 0.2) is 0 Å². The molecule has 0 unspecified atom stereocenters. The van der Waals surface area contributed by atoms with Crippen molar-refractivity contribution in [2.45, 2.75) is 25.4 Å². The number of carbonyl (C=O) groups is 1. The average molecular weight is 348 g/mol. The predicted octanol–water partition coefficient (Wildman–Crippen LogP) is 3.31. The van der Waals surface area contributed by atoms with Crippen LogP contribution in [0.3, 0.4) is 0 Å². The second-order valence-corrected chi connectivity index (χ2v) is 6.40. The molecule has 1 heterocycles. The smallest absolute Gasteiger partial charge is 0.333 e. The van der Waals surface area contributed by atoms with E-state index in [2.05, 4.69) is 15.9 Å². The number of thioether (sulfide) groups is 1. The van der Waals surface area contributed by atoms with Gasteiger partial charge < -0.3 is 4.90 Å². The SMILES string of the molecule is O=C(CC1CCSCC1)N(CCBr)CC(F)(F)F. The molecule has 2 nitrogen and oxygen atoms in total. The summed E-state index contributed by atoms with van der Waals surface area (Å²) in [6, 6.07) is 0. The molecule has 0 atom stereocenters. The van der Waals surface area contributed by atoms with Gasteiger partial charge in [-0.05, 0) is 30.3 Å². The molecule has 0 bridgehead atoms. The number of alkyl halides is 4. The molecule has 18 heavy (non-hydrogen) atoms. The van der Waals surface area contributed by atoms with Gasteiger partial charge in [-0.15, -0.1) is 0 Å². The van der Waals surface area contributed by atoms with Crippen LogP contribution in [0.2, 0.25) is 0 Å². The molecular formula is C11H17BrF3NOS. The second kappa shape index (κ2) is 7.62. The summed E-state index contributed by atoms with van der Waals surface area (Å²) in [7, 11) is 0. The van der Waals surface area contributed by atoms with E-state index in [9.17, 15) is 18.0 Å². The highest BCUT2D eigenvalue weighted by molar-refractivity contribution is 9.09. The van der Waals surface area contributed by atoms with Gasteiger partial charge in [0.1, 0.15) is 6.54 Å². The third-order valence-corrected chi connectivity index (χ3v) is 4.28. The summed E-state index contributed by atoms with van der Waals surface area (Å²) in [5.41, 5.74) is 0. The van der Waals surface area contributed by atoms with Crippen LogP contribution in [-0.2, 0) is 4.79 Å². The van der Waals surface area contributed by atoms with Crippen LogP contribution in [0.15, 0.2) is 0 Å². The van der Waals surface area contributed by atoms with Gasteiger partial charge in [0.25, 0.3) is 0 Å². The van der Waals surface area contributed by atoms with Crippen molar-refractivity contribution < 1.29 is 18.0 Å². The molecule has 0 aromatic rings. The van der Waals surface area contributed by atoms with E-state index < -0.39 is 12.7 Å². The van der Waals surface area contributed by atoms with Crippen molar-refractivity contribution >= 4 is 33.6 Å². The van der Waals surface area contributed by atoms with Gasteiger partial charge in [0.2, 0.25) is 5.91 Å². The summed E-state index contributed by atoms with van der Waals surface area (Å²) in [6.45, 7) is -1.03. The Labute approximate surface area is 118 Å². The Kier molecular flexibility index (Phi) is 6.84. The third kappa shape index (κ3) is 6.31. The maximum absolute atomic E-state index is 12.4.